The number of alkyl halides is 1. The molecular formula is C10H20ClNO. The Balaban J connectivity index is 3.71. The summed E-state index contributed by atoms with van der Waals surface area (Å²) in [4.78, 5) is 13.4. The minimum atomic E-state index is 0.273. The van der Waals surface area contributed by atoms with E-state index in [9.17, 15) is 4.79 Å². The predicted octanol–water partition coefficient (Wildman–Crippen LogP) is 2.65. The third-order valence-corrected chi connectivity index (χ3v) is 2.31. The molecule has 0 N–H and O–H groups in total. The molecule has 1 amide bonds. The van der Waals surface area contributed by atoms with Gasteiger partial charge in [0, 0.05) is 25.4 Å². The van der Waals surface area contributed by atoms with Crippen molar-refractivity contribution in [3.05, 3.63) is 0 Å². The molecule has 0 saturated carbocycles. The molecule has 2 nitrogen and oxygen atoms in total. The van der Waals surface area contributed by atoms with Crippen LogP contribution in [0.15, 0.2) is 0 Å². The Bertz CT molecular complexity index is 139. The summed E-state index contributed by atoms with van der Waals surface area (Å²) in [7, 11) is 0. The lowest BCUT2D eigenvalue weighted by Gasteiger charge is -2.20. The molecule has 0 rings (SSSR count). The van der Waals surface area contributed by atoms with Crippen LogP contribution in [-0.4, -0.2) is 29.8 Å². The summed E-state index contributed by atoms with van der Waals surface area (Å²) in [5, 5.41) is 0. The first-order chi connectivity index (χ1) is 6.26. The molecule has 78 valence electrons. The maximum atomic E-state index is 11.5. The highest BCUT2D eigenvalue weighted by Gasteiger charge is 2.09. The van der Waals surface area contributed by atoms with Crippen molar-refractivity contribution in [2.75, 3.05) is 19.0 Å². The second kappa shape index (κ2) is 8.36. The number of halogens is 1. The van der Waals surface area contributed by atoms with Crippen LogP contribution in [0.2, 0.25) is 0 Å². The zero-order valence-electron chi connectivity index (χ0n) is 8.68. The molecule has 0 aromatic rings. The summed E-state index contributed by atoms with van der Waals surface area (Å²) in [6.45, 7) is 5.72. The summed E-state index contributed by atoms with van der Waals surface area (Å²) in [6.07, 6.45) is 3.66. The first-order valence-corrected chi connectivity index (χ1v) is 5.63. The van der Waals surface area contributed by atoms with E-state index in [4.69, 9.17) is 11.6 Å². The molecule has 0 unspecified atom stereocenters. The molecule has 0 aromatic heterocycles. The number of hydrogen-bond acceptors (Lipinski definition) is 1. The van der Waals surface area contributed by atoms with Crippen LogP contribution in [0.25, 0.3) is 0 Å². The lowest BCUT2D eigenvalue weighted by Crippen LogP contribution is -2.31. The van der Waals surface area contributed by atoms with E-state index in [2.05, 4.69) is 6.92 Å². The zero-order chi connectivity index (χ0) is 10.1. The Hall–Kier alpha value is -0.240. The van der Waals surface area contributed by atoms with Gasteiger partial charge in [0.1, 0.15) is 0 Å². The molecule has 0 heterocycles. The lowest BCUT2D eigenvalue weighted by molar-refractivity contribution is -0.131. The largest absolute Gasteiger partial charge is 0.343 e. The fourth-order valence-corrected chi connectivity index (χ4v) is 1.32. The van der Waals surface area contributed by atoms with Crippen LogP contribution < -0.4 is 0 Å². The molecule has 3 heteroatoms. The molecule has 0 atom stereocenters. The van der Waals surface area contributed by atoms with E-state index in [1.807, 2.05) is 11.8 Å². The monoisotopic (exact) mass is 205 g/mol. The van der Waals surface area contributed by atoms with Gasteiger partial charge in [0.2, 0.25) is 5.91 Å². The second-order valence-corrected chi connectivity index (χ2v) is 3.50. The summed E-state index contributed by atoms with van der Waals surface area (Å²) in [5.74, 6) is 0.909. The molecule has 0 bridgehead atoms. The maximum absolute atomic E-state index is 11.5. The van der Waals surface area contributed by atoms with Gasteiger partial charge in [-0.25, -0.2) is 0 Å². The Morgan fingerprint density at radius 3 is 2.46 bits per heavy atom. The number of carbonyl (C=O) groups is 1. The smallest absolute Gasteiger partial charge is 0.222 e. The highest BCUT2D eigenvalue weighted by atomic mass is 35.5. The van der Waals surface area contributed by atoms with Gasteiger partial charge in [0.25, 0.3) is 0 Å². The standard InChI is InChI=1S/C10H20ClNO/c1-3-5-7-10(13)12(4-2)9-6-8-11/h3-9H2,1-2H3. The van der Waals surface area contributed by atoms with Gasteiger partial charge in [-0.3, -0.25) is 4.79 Å². The molecule has 0 aliphatic heterocycles. The third kappa shape index (κ3) is 5.92. The van der Waals surface area contributed by atoms with Crippen LogP contribution in [0.1, 0.15) is 39.5 Å². The molecule has 0 saturated heterocycles. The van der Waals surface area contributed by atoms with E-state index in [-0.39, 0.29) is 5.91 Å². The molecule has 0 aliphatic rings. The summed E-state index contributed by atoms with van der Waals surface area (Å²) < 4.78 is 0. The topological polar surface area (TPSA) is 20.3 Å². The minimum Gasteiger partial charge on any atom is -0.343 e. The van der Waals surface area contributed by atoms with Gasteiger partial charge >= 0.3 is 0 Å². The maximum Gasteiger partial charge on any atom is 0.222 e. The van der Waals surface area contributed by atoms with E-state index in [1.54, 1.807) is 0 Å². The van der Waals surface area contributed by atoms with Crippen LogP contribution in [0.3, 0.4) is 0 Å². The third-order valence-electron chi connectivity index (χ3n) is 2.04. The zero-order valence-corrected chi connectivity index (χ0v) is 9.44. The highest BCUT2D eigenvalue weighted by Crippen LogP contribution is 2.01. The predicted molar refractivity (Wildman–Crippen MR) is 57.1 cm³/mol. The van der Waals surface area contributed by atoms with Crippen LogP contribution in [-0.2, 0) is 4.79 Å². The van der Waals surface area contributed by atoms with Crippen molar-refractivity contribution in [1.82, 2.24) is 4.90 Å². The molecule has 0 fully saturated rings. The van der Waals surface area contributed by atoms with Gasteiger partial charge in [-0.15, -0.1) is 11.6 Å². The van der Waals surface area contributed by atoms with Gasteiger partial charge in [-0.1, -0.05) is 13.3 Å². The first-order valence-electron chi connectivity index (χ1n) is 5.10. The highest BCUT2D eigenvalue weighted by molar-refractivity contribution is 6.17. The summed E-state index contributed by atoms with van der Waals surface area (Å²) in [5.41, 5.74) is 0. The SMILES string of the molecule is CCCCC(=O)N(CC)CCCCl. The number of rotatable bonds is 7. The van der Waals surface area contributed by atoms with Gasteiger partial charge in [0.05, 0.1) is 0 Å². The molecular weight excluding hydrogens is 186 g/mol. The van der Waals surface area contributed by atoms with E-state index >= 15 is 0 Å². The van der Waals surface area contributed by atoms with Gasteiger partial charge in [-0.2, -0.15) is 0 Å². The number of nitrogens with zero attached hydrogens (tertiary/aromatic N) is 1. The van der Waals surface area contributed by atoms with E-state index < -0.39 is 0 Å². The second-order valence-electron chi connectivity index (χ2n) is 3.12. The van der Waals surface area contributed by atoms with Crippen molar-refractivity contribution >= 4 is 17.5 Å². The number of hydrogen-bond donors (Lipinski definition) is 0. The van der Waals surface area contributed by atoms with Gasteiger partial charge in [-0.05, 0) is 19.8 Å². The summed E-state index contributed by atoms with van der Waals surface area (Å²) >= 11 is 5.57. The van der Waals surface area contributed by atoms with Crippen molar-refractivity contribution in [2.24, 2.45) is 0 Å². The Morgan fingerprint density at radius 1 is 1.31 bits per heavy atom. The first kappa shape index (κ1) is 12.8. The normalized spacial score (nSPS) is 10.1. The van der Waals surface area contributed by atoms with Crippen molar-refractivity contribution in [3.8, 4) is 0 Å². The molecule has 13 heavy (non-hydrogen) atoms. The van der Waals surface area contributed by atoms with Crippen molar-refractivity contribution in [3.63, 3.8) is 0 Å². The van der Waals surface area contributed by atoms with Crippen LogP contribution in [0.5, 0.6) is 0 Å². The molecule has 0 aromatic carbocycles. The Labute approximate surface area is 86.2 Å². The molecule has 0 spiro atoms. The van der Waals surface area contributed by atoms with Crippen molar-refractivity contribution in [2.45, 2.75) is 39.5 Å². The lowest BCUT2D eigenvalue weighted by atomic mass is 10.2. The van der Waals surface area contributed by atoms with E-state index in [0.29, 0.717) is 12.3 Å². The fourth-order valence-electron chi connectivity index (χ4n) is 1.20. The van der Waals surface area contributed by atoms with Gasteiger partial charge in [0.15, 0.2) is 0 Å². The van der Waals surface area contributed by atoms with Gasteiger partial charge < -0.3 is 4.90 Å². The average Bonchev–Trinajstić information content (AvgIpc) is 2.16. The number of unbranched alkanes of at least 4 members (excludes halogenated alkanes) is 1. The quantitative estimate of drug-likeness (QED) is 0.586. The Kier molecular flexibility index (Phi) is 8.21. The summed E-state index contributed by atoms with van der Waals surface area (Å²) in [6, 6.07) is 0. The van der Waals surface area contributed by atoms with E-state index in [1.165, 1.54) is 0 Å². The molecule has 0 aliphatic carbocycles. The van der Waals surface area contributed by atoms with Crippen LogP contribution >= 0.6 is 11.6 Å². The number of carbonyl (C=O) groups excluding carboxylic acids is 1. The number of amides is 1. The fraction of sp³-hybridized carbons (Fsp3) is 0.900. The minimum absolute atomic E-state index is 0.273. The van der Waals surface area contributed by atoms with E-state index in [0.717, 1.165) is 32.4 Å². The Morgan fingerprint density at radius 2 is 2.00 bits per heavy atom. The average molecular weight is 206 g/mol. The van der Waals surface area contributed by atoms with Crippen molar-refractivity contribution in [1.29, 1.82) is 0 Å². The van der Waals surface area contributed by atoms with Crippen LogP contribution in [0, 0.1) is 0 Å². The molecule has 0 radical (unpaired) electrons. The van der Waals surface area contributed by atoms with Crippen molar-refractivity contribution < 1.29 is 4.79 Å². The van der Waals surface area contributed by atoms with Crippen LogP contribution in [0.4, 0.5) is 0 Å².